The molecule has 1 heterocycles. The van der Waals surface area contributed by atoms with Gasteiger partial charge in [0.05, 0.1) is 5.01 Å². The molecule has 1 atom stereocenters. The molecule has 3 nitrogen and oxygen atoms in total. The minimum absolute atomic E-state index is 0.359. The molecule has 1 rings (SSSR count). The molecule has 3 N–H and O–H groups in total. The standard InChI is InChI=1S/C14H27N3S/c1-11-10-18-13(17-11)5-6-16-9-12(8-15)7-14(2,3)4/h10,12,16H,5-9,15H2,1-4H3. The van der Waals surface area contributed by atoms with Crippen LogP contribution in [-0.4, -0.2) is 24.6 Å². The van der Waals surface area contributed by atoms with Gasteiger partial charge < -0.3 is 11.1 Å². The van der Waals surface area contributed by atoms with E-state index in [-0.39, 0.29) is 0 Å². The van der Waals surface area contributed by atoms with Gasteiger partial charge in [0, 0.05) is 24.0 Å². The van der Waals surface area contributed by atoms with Gasteiger partial charge in [0.25, 0.3) is 0 Å². The highest BCUT2D eigenvalue weighted by Gasteiger charge is 2.17. The maximum Gasteiger partial charge on any atom is 0.0940 e. The number of thiazole rings is 1. The van der Waals surface area contributed by atoms with Crippen LogP contribution in [0.15, 0.2) is 5.38 Å². The van der Waals surface area contributed by atoms with Gasteiger partial charge in [0.15, 0.2) is 0 Å². The van der Waals surface area contributed by atoms with Crippen LogP contribution in [0.4, 0.5) is 0 Å². The van der Waals surface area contributed by atoms with E-state index in [0.717, 1.165) is 31.7 Å². The third-order valence-corrected chi connectivity index (χ3v) is 3.88. The first-order valence-corrected chi connectivity index (χ1v) is 7.60. The van der Waals surface area contributed by atoms with Crippen LogP contribution in [0.2, 0.25) is 0 Å². The largest absolute Gasteiger partial charge is 0.330 e. The zero-order valence-corrected chi connectivity index (χ0v) is 12.9. The van der Waals surface area contributed by atoms with Crippen LogP contribution in [0.5, 0.6) is 0 Å². The summed E-state index contributed by atoms with van der Waals surface area (Å²) in [4.78, 5) is 4.46. The summed E-state index contributed by atoms with van der Waals surface area (Å²) in [5.74, 6) is 0.572. The summed E-state index contributed by atoms with van der Waals surface area (Å²) >= 11 is 1.75. The van der Waals surface area contributed by atoms with Crippen molar-refractivity contribution in [3.63, 3.8) is 0 Å². The Kier molecular flexibility index (Phi) is 6.26. The van der Waals surface area contributed by atoms with E-state index in [9.17, 15) is 0 Å². The highest BCUT2D eigenvalue weighted by Crippen LogP contribution is 2.23. The number of hydrogen-bond acceptors (Lipinski definition) is 4. The number of rotatable bonds is 7. The van der Waals surface area contributed by atoms with Crippen LogP contribution in [0.3, 0.4) is 0 Å². The number of nitrogens with two attached hydrogens (primary N) is 1. The normalized spacial score (nSPS) is 13.8. The van der Waals surface area contributed by atoms with Crippen molar-refractivity contribution in [1.29, 1.82) is 0 Å². The molecule has 0 aliphatic heterocycles. The van der Waals surface area contributed by atoms with E-state index in [2.05, 4.69) is 36.5 Å². The van der Waals surface area contributed by atoms with Crippen LogP contribution >= 0.6 is 11.3 Å². The van der Waals surface area contributed by atoms with Crippen LogP contribution < -0.4 is 11.1 Å². The smallest absolute Gasteiger partial charge is 0.0940 e. The van der Waals surface area contributed by atoms with Crippen molar-refractivity contribution in [2.24, 2.45) is 17.1 Å². The molecule has 0 aliphatic carbocycles. The molecular formula is C14H27N3S. The second-order valence-corrected chi connectivity index (χ2v) is 7.15. The Morgan fingerprint density at radius 1 is 1.44 bits per heavy atom. The Labute approximate surface area is 115 Å². The van der Waals surface area contributed by atoms with Crippen molar-refractivity contribution < 1.29 is 0 Å². The second kappa shape index (κ2) is 7.22. The Hall–Kier alpha value is -0.450. The predicted molar refractivity (Wildman–Crippen MR) is 80.0 cm³/mol. The molecular weight excluding hydrogens is 242 g/mol. The number of nitrogens with zero attached hydrogens (tertiary/aromatic N) is 1. The predicted octanol–water partition coefficient (Wildman–Crippen LogP) is 2.59. The van der Waals surface area contributed by atoms with Crippen molar-refractivity contribution >= 4 is 11.3 Å². The fraction of sp³-hybridized carbons (Fsp3) is 0.786. The monoisotopic (exact) mass is 269 g/mol. The summed E-state index contributed by atoms with van der Waals surface area (Å²) in [6, 6.07) is 0. The molecule has 1 aromatic rings. The van der Waals surface area contributed by atoms with Crippen molar-refractivity contribution in [1.82, 2.24) is 10.3 Å². The molecule has 0 aromatic carbocycles. The minimum atomic E-state index is 0.359. The van der Waals surface area contributed by atoms with Gasteiger partial charge in [-0.1, -0.05) is 20.8 Å². The quantitative estimate of drug-likeness (QED) is 0.748. The molecule has 0 bridgehead atoms. The molecule has 0 fully saturated rings. The second-order valence-electron chi connectivity index (χ2n) is 6.20. The van der Waals surface area contributed by atoms with Crippen LogP contribution in [0, 0.1) is 18.3 Å². The van der Waals surface area contributed by atoms with Crippen LogP contribution in [0.25, 0.3) is 0 Å². The molecule has 4 heteroatoms. The fourth-order valence-electron chi connectivity index (χ4n) is 2.12. The first-order chi connectivity index (χ1) is 8.40. The van der Waals surface area contributed by atoms with Gasteiger partial charge in [0.1, 0.15) is 0 Å². The summed E-state index contributed by atoms with van der Waals surface area (Å²) in [6.45, 7) is 11.6. The van der Waals surface area contributed by atoms with Crippen LogP contribution in [-0.2, 0) is 6.42 Å². The average molecular weight is 269 g/mol. The maximum absolute atomic E-state index is 5.83. The third kappa shape index (κ3) is 6.47. The van der Waals surface area contributed by atoms with Crippen molar-refractivity contribution in [3.8, 4) is 0 Å². The number of aryl methyl sites for hydroxylation is 1. The van der Waals surface area contributed by atoms with Gasteiger partial charge in [-0.05, 0) is 37.8 Å². The van der Waals surface area contributed by atoms with E-state index in [1.165, 1.54) is 11.4 Å². The van der Waals surface area contributed by atoms with Gasteiger partial charge >= 0.3 is 0 Å². The topological polar surface area (TPSA) is 50.9 Å². The van der Waals surface area contributed by atoms with Gasteiger partial charge in [-0.25, -0.2) is 4.98 Å². The lowest BCUT2D eigenvalue weighted by atomic mass is 9.84. The number of aromatic nitrogens is 1. The van der Waals surface area contributed by atoms with E-state index < -0.39 is 0 Å². The lowest BCUT2D eigenvalue weighted by molar-refractivity contribution is 0.290. The fourth-order valence-corrected chi connectivity index (χ4v) is 2.90. The molecule has 0 spiro atoms. The highest BCUT2D eigenvalue weighted by atomic mass is 32.1. The molecule has 18 heavy (non-hydrogen) atoms. The Morgan fingerprint density at radius 3 is 2.67 bits per heavy atom. The molecule has 0 saturated heterocycles. The van der Waals surface area contributed by atoms with Gasteiger partial charge in [-0.3, -0.25) is 0 Å². The lowest BCUT2D eigenvalue weighted by Crippen LogP contribution is -2.32. The van der Waals surface area contributed by atoms with E-state index in [1.54, 1.807) is 11.3 Å². The molecule has 104 valence electrons. The summed E-state index contributed by atoms with van der Waals surface area (Å²) in [5, 5.41) is 6.83. The van der Waals surface area contributed by atoms with E-state index in [1.807, 2.05) is 6.92 Å². The Balaban J connectivity index is 2.19. The van der Waals surface area contributed by atoms with E-state index in [4.69, 9.17) is 5.73 Å². The van der Waals surface area contributed by atoms with Crippen molar-refractivity contribution in [3.05, 3.63) is 16.1 Å². The molecule has 0 aliphatic rings. The SMILES string of the molecule is Cc1csc(CCNCC(CN)CC(C)(C)C)n1. The summed E-state index contributed by atoms with van der Waals surface area (Å²) < 4.78 is 0. The molecule has 1 aromatic heterocycles. The number of hydrogen-bond donors (Lipinski definition) is 2. The van der Waals surface area contributed by atoms with Crippen LogP contribution in [0.1, 0.15) is 37.9 Å². The minimum Gasteiger partial charge on any atom is -0.330 e. The van der Waals surface area contributed by atoms with Gasteiger partial charge in [-0.15, -0.1) is 11.3 Å². The summed E-state index contributed by atoms with van der Waals surface area (Å²) in [6.07, 6.45) is 2.19. The van der Waals surface area contributed by atoms with Crippen molar-refractivity contribution in [2.45, 2.75) is 40.5 Å². The zero-order valence-electron chi connectivity index (χ0n) is 12.1. The molecule has 0 saturated carbocycles. The first kappa shape index (κ1) is 15.6. The third-order valence-electron chi connectivity index (χ3n) is 2.85. The molecule has 1 unspecified atom stereocenters. The lowest BCUT2D eigenvalue weighted by Gasteiger charge is -2.25. The maximum atomic E-state index is 5.83. The zero-order chi connectivity index (χ0) is 13.6. The Morgan fingerprint density at radius 2 is 2.17 bits per heavy atom. The van der Waals surface area contributed by atoms with Crippen molar-refractivity contribution in [2.75, 3.05) is 19.6 Å². The summed E-state index contributed by atoms with van der Waals surface area (Å²) in [5.41, 5.74) is 7.31. The van der Waals surface area contributed by atoms with E-state index >= 15 is 0 Å². The Bertz CT molecular complexity index is 341. The first-order valence-electron chi connectivity index (χ1n) is 6.72. The summed E-state index contributed by atoms with van der Waals surface area (Å²) in [7, 11) is 0. The van der Waals surface area contributed by atoms with Gasteiger partial charge in [-0.2, -0.15) is 0 Å². The average Bonchev–Trinajstić information content (AvgIpc) is 2.67. The van der Waals surface area contributed by atoms with Gasteiger partial charge in [0.2, 0.25) is 0 Å². The van der Waals surface area contributed by atoms with E-state index in [0.29, 0.717) is 11.3 Å². The number of nitrogens with one attached hydrogen (secondary N) is 1. The molecule has 0 amide bonds. The highest BCUT2D eigenvalue weighted by molar-refractivity contribution is 7.09. The molecule has 0 radical (unpaired) electrons.